The Morgan fingerprint density at radius 3 is 2.32 bits per heavy atom. The van der Waals surface area contributed by atoms with E-state index < -0.39 is 17.2 Å². The Bertz CT molecular complexity index is 839. The fraction of sp³-hybridized carbons (Fsp3) is 0.300. The molecule has 12 heteroatoms. The second kappa shape index (κ2) is 6.43. The first-order valence-corrected chi connectivity index (χ1v) is 5.82. The van der Waals surface area contributed by atoms with Gasteiger partial charge in [-0.15, -0.1) is 5.10 Å². The highest BCUT2D eigenvalue weighted by atomic mass is 16.4. The Kier molecular flexibility index (Phi) is 4.89. The standard InChI is InChI=1S/C9H10N4O4.CH6N4/c1-11-7-6(8(16)12(2)9(11)17)13(4-10-7)3-5(14)15;2-1(3)5-4/h4H,3H2,1-2H3,(H,14,15);4H2,(H4,2,3,5). The lowest BCUT2D eigenvalue weighted by atomic mass is 10.5. The van der Waals surface area contributed by atoms with E-state index in [9.17, 15) is 14.4 Å². The van der Waals surface area contributed by atoms with Crippen molar-refractivity contribution >= 4 is 23.1 Å². The Morgan fingerprint density at radius 1 is 1.32 bits per heavy atom. The number of aryl methyl sites for hydroxylation is 1. The summed E-state index contributed by atoms with van der Waals surface area (Å²) in [7, 11) is 2.81. The average Bonchev–Trinajstić information content (AvgIpc) is 2.86. The number of hydrogen-bond donors (Lipinski definition) is 4. The van der Waals surface area contributed by atoms with Crippen LogP contribution in [-0.4, -0.2) is 35.7 Å². The molecule has 0 saturated heterocycles. The largest absolute Gasteiger partial charge is 0.480 e. The van der Waals surface area contributed by atoms with E-state index in [-0.39, 0.29) is 23.7 Å². The van der Waals surface area contributed by atoms with Gasteiger partial charge < -0.3 is 27.0 Å². The molecule has 2 aromatic heterocycles. The second-order valence-electron chi connectivity index (χ2n) is 4.20. The lowest BCUT2D eigenvalue weighted by Gasteiger charge is -2.04. The minimum Gasteiger partial charge on any atom is -0.480 e. The van der Waals surface area contributed by atoms with E-state index in [2.05, 4.69) is 15.9 Å². The number of nitrogens with two attached hydrogens (primary N) is 3. The smallest absolute Gasteiger partial charge is 0.332 e. The first-order valence-electron chi connectivity index (χ1n) is 5.82. The summed E-state index contributed by atoms with van der Waals surface area (Å²) in [5.74, 6) is 3.33. The third-order valence-electron chi connectivity index (χ3n) is 2.67. The third kappa shape index (κ3) is 3.23. The number of hydrazone groups is 1. The quantitative estimate of drug-likeness (QED) is 0.191. The van der Waals surface area contributed by atoms with Gasteiger partial charge >= 0.3 is 11.7 Å². The molecule has 0 saturated carbocycles. The molecule has 2 heterocycles. The van der Waals surface area contributed by atoms with Crippen LogP contribution in [0.25, 0.3) is 11.2 Å². The molecular formula is C10H16N8O4. The van der Waals surface area contributed by atoms with E-state index in [4.69, 9.17) is 16.6 Å². The molecule has 0 bridgehead atoms. The van der Waals surface area contributed by atoms with Crippen LogP contribution in [0.2, 0.25) is 0 Å². The topological polar surface area (TPSA) is 190 Å². The summed E-state index contributed by atoms with van der Waals surface area (Å²) < 4.78 is 3.33. The number of imidazole rings is 1. The van der Waals surface area contributed by atoms with E-state index in [1.54, 1.807) is 0 Å². The molecule has 0 aliphatic carbocycles. The molecule has 0 unspecified atom stereocenters. The molecule has 7 N–H and O–H groups in total. The van der Waals surface area contributed by atoms with Crippen LogP contribution < -0.4 is 28.6 Å². The Balaban J connectivity index is 0.000000422. The Morgan fingerprint density at radius 2 is 1.86 bits per heavy atom. The lowest BCUT2D eigenvalue weighted by Crippen LogP contribution is -2.37. The zero-order valence-corrected chi connectivity index (χ0v) is 11.9. The van der Waals surface area contributed by atoms with Crippen LogP contribution in [0, 0.1) is 0 Å². The van der Waals surface area contributed by atoms with Crippen molar-refractivity contribution in [2.24, 2.45) is 36.5 Å². The molecule has 0 fully saturated rings. The highest BCUT2D eigenvalue weighted by Gasteiger charge is 2.15. The summed E-state index contributed by atoms with van der Waals surface area (Å²) in [5, 5.41) is 11.6. The van der Waals surface area contributed by atoms with Crippen molar-refractivity contribution in [2.45, 2.75) is 6.54 Å². The second-order valence-corrected chi connectivity index (χ2v) is 4.20. The van der Waals surface area contributed by atoms with Crippen LogP contribution in [-0.2, 0) is 25.4 Å². The van der Waals surface area contributed by atoms with Gasteiger partial charge in [0, 0.05) is 14.1 Å². The van der Waals surface area contributed by atoms with Crippen molar-refractivity contribution in [3.05, 3.63) is 27.2 Å². The van der Waals surface area contributed by atoms with Crippen molar-refractivity contribution in [2.75, 3.05) is 0 Å². The van der Waals surface area contributed by atoms with Gasteiger partial charge in [-0.2, -0.15) is 0 Å². The number of nitrogens with zero attached hydrogens (tertiary/aromatic N) is 5. The molecule has 0 radical (unpaired) electrons. The fourth-order valence-corrected chi connectivity index (χ4v) is 1.66. The summed E-state index contributed by atoms with van der Waals surface area (Å²) >= 11 is 0. The number of rotatable bonds is 2. The molecule has 2 rings (SSSR count). The normalized spacial score (nSPS) is 9.91. The van der Waals surface area contributed by atoms with Gasteiger partial charge in [0.15, 0.2) is 11.2 Å². The van der Waals surface area contributed by atoms with Crippen LogP contribution in [0.15, 0.2) is 21.0 Å². The molecule has 2 aromatic rings. The van der Waals surface area contributed by atoms with Gasteiger partial charge in [0.25, 0.3) is 5.56 Å². The van der Waals surface area contributed by atoms with E-state index in [0.29, 0.717) is 0 Å². The molecule has 0 spiro atoms. The van der Waals surface area contributed by atoms with Gasteiger partial charge in [-0.3, -0.25) is 18.7 Å². The van der Waals surface area contributed by atoms with Crippen LogP contribution in [0.5, 0.6) is 0 Å². The Hall–Kier alpha value is -3.31. The summed E-state index contributed by atoms with van der Waals surface area (Å²) in [6.45, 7) is -0.371. The highest BCUT2D eigenvalue weighted by Crippen LogP contribution is 2.04. The van der Waals surface area contributed by atoms with Crippen LogP contribution in [0.3, 0.4) is 0 Å². The third-order valence-corrected chi connectivity index (χ3v) is 2.67. The first-order chi connectivity index (χ1) is 10.2. The van der Waals surface area contributed by atoms with E-state index >= 15 is 0 Å². The number of aliphatic carboxylic acids is 1. The SMILES string of the molecule is Cn1c(=O)c2c(ncn2CC(=O)O)n(C)c1=O.NN=C(N)N. The summed E-state index contributed by atoms with van der Waals surface area (Å²) in [6.07, 6.45) is 1.24. The molecule has 0 amide bonds. The molecule has 0 aliphatic rings. The number of fused-ring (bicyclic) bond motifs is 1. The minimum atomic E-state index is -1.08. The van der Waals surface area contributed by atoms with Crippen molar-refractivity contribution in [1.29, 1.82) is 0 Å². The molecule has 22 heavy (non-hydrogen) atoms. The maximum Gasteiger partial charge on any atom is 0.332 e. The Labute approximate surface area is 123 Å². The average molecular weight is 312 g/mol. The summed E-state index contributed by atoms with van der Waals surface area (Å²) in [4.78, 5) is 38.0. The van der Waals surface area contributed by atoms with Crippen molar-refractivity contribution in [3.63, 3.8) is 0 Å². The van der Waals surface area contributed by atoms with Gasteiger partial charge in [-0.1, -0.05) is 0 Å². The summed E-state index contributed by atoms with van der Waals surface area (Å²) in [6, 6.07) is 0. The molecular weight excluding hydrogens is 296 g/mol. The van der Waals surface area contributed by atoms with Gasteiger partial charge in [-0.25, -0.2) is 9.78 Å². The fourth-order valence-electron chi connectivity index (χ4n) is 1.66. The number of aromatic nitrogens is 4. The monoisotopic (exact) mass is 312 g/mol. The molecule has 0 aliphatic heterocycles. The van der Waals surface area contributed by atoms with Gasteiger partial charge in [0.2, 0.25) is 5.96 Å². The summed E-state index contributed by atoms with van der Waals surface area (Å²) in [5.41, 5.74) is 8.63. The van der Waals surface area contributed by atoms with Gasteiger partial charge in [-0.05, 0) is 0 Å². The van der Waals surface area contributed by atoms with E-state index in [1.807, 2.05) is 0 Å². The number of guanidine groups is 1. The van der Waals surface area contributed by atoms with Crippen LogP contribution in [0.4, 0.5) is 0 Å². The van der Waals surface area contributed by atoms with Crippen molar-refractivity contribution in [1.82, 2.24) is 18.7 Å². The van der Waals surface area contributed by atoms with Crippen molar-refractivity contribution in [3.8, 4) is 0 Å². The van der Waals surface area contributed by atoms with E-state index in [0.717, 1.165) is 4.57 Å². The van der Waals surface area contributed by atoms with Crippen LogP contribution in [0.1, 0.15) is 0 Å². The lowest BCUT2D eigenvalue weighted by molar-refractivity contribution is -0.137. The number of carboxylic acid groups (broad SMARTS) is 1. The van der Waals surface area contributed by atoms with Gasteiger partial charge in [0.05, 0.1) is 6.33 Å². The van der Waals surface area contributed by atoms with E-state index in [1.165, 1.54) is 29.6 Å². The maximum atomic E-state index is 11.9. The molecule has 12 nitrogen and oxygen atoms in total. The molecule has 0 aromatic carbocycles. The van der Waals surface area contributed by atoms with Gasteiger partial charge in [0.1, 0.15) is 6.54 Å². The first kappa shape index (κ1) is 16.7. The minimum absolute atomic E-state index is 0.0926. The predicted molar refractivity (Wildman–Crippen MR) is 77.8 cm³/mol. The number of carbonyl (C=O) groups is 1. The number of hydrogen-bond acceptors (Lipinski definition) is 6. The number of carboxylic acids is 1. The van der Waals surface area contributed by atoms with Crippen LogP contribution >= 0.6 is 0 Å². The van der Waals surface area contributed by atoms with Crippen molar-refractivity contribution < 1.29 is 9.90 Å². The molecule has 0 atom stereocenters. The maximum absolute atomic E-state index is 11.9. The zero-order valence-electron chi connectivity index (χ0n) is 11.9. The predicted octanol–water partition coefficient (Wildman–Crippen LogP) is -3.35. The zero-order chi connectivity index (χ0) is 17.0. The molecule has 120 valence electrons. The highest BCUT2D eigenvalue weighted by molar-refractivity contribution is 5.75.